The Labute approximate surface area is 254 Å². The first-order valence-electron chi connectivity index (χ1n) is 14.5. The predicted octanol–water partition coefficient (Wildman–Crippen LogP) is 5.42. The van der Waals surface area contributed by atoms with E-state index in [1.165, 1.54) is 24.3 Å². The van der Waals surface area contributed by atoms with Gasteiger partial charge in [0.1, 0.15) is 5.60 Å². The monoisotopic (exact) mass is 604 g/mol. The second-order valence-corrected chi connectivity index (χ2v) is 17.0. The highest BCUT2D eigenvalue weighted by Crippen LogP contribution is 2.39. The average Bonchev–Trinajstić information content (AvgIpc) is 3.40. The van der Waals surface area contributed by atoms with E-state index >= 15 is 0 Å². The summed E-state index contributed by atoms with van der Waals surface area (Å²) < 4.78 is 19.1. The van der Waals surface area contributed by atoms with E-state index in [2.05, 4.69) is 20.8 Å². The highest BCUT2D eigenvalue weighted by atomic mass is 28.4. The van der Waals surface area contributed by atoms with Gasteiger partial charge < -0.3 is 13.9 Å². The van der Waals surface area contributed by atoms with E-state index in [4.69, 9.17) is 13.9 Å². The molecule has 10 heteroatoms. The number of nitro benzene ring substituents is 1. The number of carbonyl (C=O) groups excluding carboxylic acids is 2. The van der Waals surface area contributed by atoms with Gasteiger partial charge in [-0.25, -0.2) is 14.5 Å². The number of hydrogen-bond acceptors (Lipinski definition) is 8. The lowest BCUT2D eigenvalue weighted by Crippen LogP contribution is -2.70. The Kier molecular flexibility index (Phi) is 9.53. The lowest BCUT2D eigenvalue weighted by atomic mass is 10.2. The van der Waals surface area contributed by atoms with Crippen LogP contribution >= 0.6 is 0 Å². The van der Waals surface area contributed by atoms with Crippen molar-refractivity contribution in [2.75, 3.05) is 6.54 Å². The molecule has 1 heterocycles. The third-order valence-corrected chi connectivity index (χ3v) is 12.4. The molecule has 4 rings (SSSR count). The van der Waals surface area contributed by atoms with Crippen molar-refractivity contribution in [3.63, 3.8) is 0 Å². The molecule has 0 bridgehead atoms. The molecule has 228 valence electrons. The zero-order chi connectivity index (χ0) is 31.4. The van der Waals surface area contributed by atoms with Crippen molar-refractivity contribution < 1.29 is 28.4 Å². The van der Waals surface area contributed by atoms with Gasteiger partial charge in [-0.1, -0.05) is 81.4 Å². The van der Waals surface area contributed by atoms with E-state index in [0.717, 1.165) is 10.4 Å². The number of rotatable bonds is 9. The maximum absolute atomic E-state index is 14.0. The number of benzene rings is 3. The molecule has 2 atom stereocenters. The predicted molar refractivity (Wildman–Crippen MR) is 167 cm³/mol. The van der Waals surface area contributed by atoms with Gasteiger partial charge in [0.2, 0.25) is 6.23 Å². The number of nitrogens with zero attached hydrogens (tertiary/aromatic N) is 2. The number of non-ortho nitro benzene ring substituents is 1. The van der Waals surface area contributed by atoms with E-state index < -0.39 is 48.3 Å². The first-order chi connectivity index (χ1) is 20.2. The van der Waals surface area contributed by atoms with Crippen LogP contribution in [0.2, 0.25) is 5.04 Å². The van der Waals surface area contributed by atoms with E-state index in [1.807, 2.05) is 60.7 Å². The van der Waals surface area contributed by atoms with E-state index in [1.54, 1.807) is 25.7 Å². The number of ether oxygens (including phenoxy) is 2. The Hall–Kier alpha value is -3.86. The fourth-order valence-electron chi connectivity index (χ4n) is 5.53. The highest BCUT2D eigenvalue weighted by molar-refractivity contribution is 6.99. The maximum Gasteiger partial charge on any atom is 0.350 e. The number of carbonyl (C=O) groups is 2. The van der Waals surface area contributed by atoms with E-state index in [0.29, 0.717) is 19.4 Å². The van der Waals surface area contributed by atoms with Gasteiger partial charge in [0.25, 0.3) is 14.0 Å². The minimum atomic E-state index is -3.22. The van der Waals surface area contributed by atoms with Crippen LogP contribution in [0.3, 0.4) is 0 Å². The molecule has 9 nitrogen and oxygen atoms in total. The summed E-state index contributed by atoms with van der Waals surface area (Å²) in [6.07, 6.45) is -0.773. The largest absolute Gasteiger partial charge is 0.457 e. The molecular formula is C33H40N2O7Si. The Morgan fingerprint density at radius 2 is 1.42 bits per heavy atom. The van der Waals surface area contributed by atoms with Crippen LogP contribution in [-0.4, -0.2) is 54.7 Å². The van der Waals surface area contributed by atoms with E-state index in [9.17, 15) is 19.7 Å². The number of esters is 2. The molecule has 0 amide bonds. The molecule has 1 saturated heterocycles. The van der Waals surface area contributed by atoms with Gasteiger partial charge in [-0.15, -0.1) is 0 Å². The first-order valence-corrected chi connectivity index (χ1v) is 16.4. The fraction of sp³-hybridized carbons (Fsp3) is 0.394. The summed E-state index contributed by atoms with van der Waals surface area (Å²) >= 11 is 0. The van der Waals surface area contributed by atoms with Crippen molar-refractivity contribution in [1.82, 2.24) is 4.90 Å². The van der Waals surface area contributed by atoms with Crippen LogP contribution in [0.25, 0.3) is 0 Å². The molecule has 1 aliphatic heterocycles. The van der Waals surface area contributed by atoms with Crippen molar-refractivity contribution >= 4 is 36.3 Å². The normalized spacial score (nSPS) is 16.8. The zero-order valence-corrected chi connectivity index (χ0v) is 26.6. The van der Waals surface area contributed by atoms with Crippen LogP contribution in [0.1, 0.15) is 64.7 Å². The van der Waals surface area contributed by atoms with Crippen molar-refractivity contribution in [3.8, 4) is 0 Å². The Morgan fingerprint density at radius 1 is 0.884 bits per heavy atom. The maximum atomic E-state index is 14.0. The lowest BCUT2D eigenvalue weighted by molar-refractivity contribution is -0.384. The molecule has 3 aromatic rings. The second kappa shape index (κ2) is 12.8. The number of nitro groups is 1. The van der Waals surface area contributed by atoms with Gasteiger partial charge in [0, 0.05) is 18.7 Å². The molecule has 0 aromatic heterocycles. The first kappa shape index (κ1) is 32.1. The van der Waals surface area contributed by atoms with Gasteiger partial charge in [-0.05, 0) is 61.2 Å². The van der Waals surface area contributed by atoms with Crippen molar-refractivity contribution in [1.29, 1.82) is 0 Å². The number of likely N-dealkylation sites (tertiary alicyclic amines) is 1. The van der Waals surface area contributed by atoms with Gasteiger partial charge in [-0.2, -0.15) is 0 Å². The van der Waals surface area contributed by atoms with Crippen LogP contribution in [0, 0.1) is 10.1 Å². The number of hydrogen-bond donors (Lipinski definition) is 0. The lowest BCUT2D eigenvalue weighted by Gasteiger charge is -2.46. The van der Waals surface area contributed by atoms with Crippen molar-refractivity contribution in [2.24, 2.45) is 0 Å². The smallest absolute Gasteiger partial charge is 0.350 e. The Morgan fingerprint density at radius 3 is 1.88 bits per heavy atom. The Bertz CT molecular complexity index is 1380. The molecule has 1 fully saturated rings. The molecule has 0 saturated carbocycles. The van der Waals surface area contributed by atoms with Crippen molar-refractivity contribution in [2.45, 2.75) is 77.5 Å². The summed E-state index contributed by atoms with van der Waals surface area (Å²) in [5.74, 6) is -1.20. The molecular weight excluding hydrogens is 564 g/mol. The van der Waals surface area contributed by atoms with E-state index in [-0.39, 0.29) is 11.3 Å². The third kappa shape index (κ3) is 7.21. The Balaban J connectivity index is 1.77. The summed E-state index contributed by atoms with van der Waals surface area (Å²) in [7, 11) is -3.22. The van der Waals surface area contributed by atoms with Crippen LogP contribution in [0.4, 0.5) is 5.69 Å². The van der Waals surface area contributed by atoms with Crippen LogP contribution in [0.15, 0.2) is 84.9 Å². The fourth-order valence-corrected chi connectivity index (χ4v) is 10.1. The zero-order valence-electron chi connectivity index (χ0n) is 25.6. The molecule has 1 unspecified atom stereocenters. The summed E-state index contributed by atoms with van der Waals surface area (Å²) in [5, 5.41) is 12.6. The van der Waals surface area contributed by atoms with Crippen molar-refractivity contribution in [3.05, 3.63) is 101 Å². The summed E-state index contributed by atoms with van der Waals surface area (Å²) in [6.45, 7) is 12.2. The summed E-state index contributed by atoms with van der Waals surface area (Å²) in [5.41, 5.74) is -0.726. The minimum absolute atomic E-state index is 0.122. The van der Waals surface area contributed by atoms with Gasteiger partial charge >= 0.3 is 11.9 Å². The molecule has 43 heavy (non-hydrogen) atoms. The molecule has 0 aliphatic carbocycles. The SMILES string of the molecule is CC(C)(C)OC(=O)C(O[Si](c1ccccc1)(c1ccccc1)C(C)(C)C)N1CCC[C@@H]1OC(=O)c1ccc([N+](=O)[O-])cc1. The van der Waals surface area contributed by atoms with Crippen LogP contribution in [0.5, 0.6) is 0 Å². The molecule has 3 aromatic carbocycles. The standard InChI is InChI=1S/C33H40N2O7Si/c1-32(2,3)41-31(37)29(34-23-13-18-28(34)40-30(36)24-19-21-25(22-20-24)35(38)39)42-43(33(4,5)6,26-14-9-7-10-15-26)27-16-11-8-12-17-27/h7-12,14-17,19-22,28-29H,13,18,23H2,1-6H3/t28-,29?/m0/s1. The summed E-state index contributed by atoms with van der Waals surface area (Å²) in [6, 6.07) is 25.3. The second-order valence-electron chi connectivity index (χ2n) is 12.7. The summed E-state index contributed by atoms with van der Waals surface area (Å²) in [4.78, 5) is 39.5. The van der Waals surface area contributed by atoms with Crippen LogP contribution in [-0.2, 0) is 18.7 Å². The third-order valence-electron chi connectivity index (χ3n) is 7.41. The van der Waals surface area contributed by atoms with Crippen LogP contribution < -0.4 is 10.4 Å². The molecule has 1 aliphatic rings. The molecule has 0 radical (unpaired) electrons. The van der Waals surface area contributed by atoms with Gasteiger partial charge in [-0.3, -0.25) is 10.1 Å². The highest BCUT2D eigenvalue weighted by Gasteiger charge is 2.54. The molecule has 0 spiro atoms. The topological polar surface area (TPSA) is 108 Å². The minimum Gasteiger partial charge on any atom is -0.457 e. The molecule has 0 N–H and O–H groups in total. The van der Waals surface area contributed by atoms with Gasteiger partial charge in [0.05, 0.1) is 10.5 Å². The average molecular weight is 605 g/mol. The quantitative estimate of drug-likeness (QED) is 0.138. The van der Waals surface area contributed by atoms with Gasteiger partial charge in [0.15, 0.2) is 6.23 Å².